The fourth-order valence-corrected chi connectivity index (χ4v) is 4.40. The smallest absolute Gasteiger partial charge is 0.334 e. The minimum atomic E-state index is -0.591. The van der Waals surface area contributed by atoms with Gasteiger partial charge in [-0.25, -0.2) is 4.79 Å². The molecule has 0 spiro atoms. The predicted molar refractivity (Wildman–Crippen MR) is 85.2 cm³/mol. The van der Waals surface area contributed by atoms with Crippen LogP contribution in [0.2, 0.25) is 0 Å². The molecule has 0 aromatic carbocycles. The molecular weight excluding hydrogens is 276 g/mol. The molecule has 2 aliphatic rings. The lowest BCUT2D eigenvalue weighted by Crippen LogP contribution is -2.44. The van der Waals surface area contributed by atoms with Crippen molar-refractivity contribution in [1.82, 2.24) is 0 Å². The van der Waals surface area contributed by atoms with E-state index in [2.05, 4.69) is 6.58 Å². The highest BCUT2D eigenvalue weighted by molar-refractivity contribution is 5.87. The Bertz CT molecular complexity index is 501. The van der Waals surface area contributed by atoms with Crippen LogP contribution in [-0.4, -0.2) is 5.97 Å². The standard InChI is InChI=1S/C19H26O3/c1-14(2)18(20)22-19(15-8-3-4-9-15,16-10-5-6-11-16)17-12-7-13-21-17/h7,12-13,15-16H,1,3-6,8-11H2,2H3. The number of hydrogen-bond acceptors (Lipinski definition) is 3. The van der Waals surface area contributed by atoms with E-state index in [1.54, 1.807) is 13.2 Å². The molecule has 1 heterocycles. The van der Waals surface area contributed by atoms with Gasteiger partial charge in [-0.1, -0.05) is 32.3 Å². The van der Waals surface area contributed by atoms with Crippen molar-refractivity contribution in [3.05, 3.63) is 36.3 Å². The van der Waals surface area contributed by atoms with Crippen molar-refractivity contribution in [2.24, 2.45) is 11.8 Å². The van der Waals surface area contributed by atoms with Gasteiger partial charge in [0.15, 0.2) is 5.60 Å². The Morgan fingerprint density at radius 2 is 1.73 bits per heavy atom. The monoisotopic (exact) mass is 302 g/mol. The van der Waals surface area contributed by atoms with Gasteiger partial charge in [0, 0.05) is 17.4 Å². The molecule has 2 fully saturated rings. The first kappa shape index (κ1) is 15.4. The molecule has 0 unspecified atom stereocenters. The molecule has 0 saturated heterocycles. The zero-order valence-electron chi connectivity index (χ0n) is 13.5. The Morgan fingerprint density at radius 1 is 1.18 bits per heavy atom. The van der Waals surface area contributed by atoms with Gasteiger partial charge in [0.05, 0.1) is 6.26 Å². The van der Waals surface area contributed by atoms with E-state index in [9.17, 15) is 4.79 Å². The number of ether oxygens (including phenoxy) is 1. The quantitative estimate of drug-likeness (QED) is 0.569. The van der Waals surface area contributed by atoms with Crippen molar-refractivity contribution >= 4 is 5.97 Å². The molecule has 3 heteroatoms. The maximum Gasteiger partial charge on any atom is 0.334 e. The van der Waals surface area contributed by atoms with Crippen LogP contribution in [0.25, 0.3) is 0 Å². The minimum absolute atomic E-state index is 0.282. The summed E-state index contributed by atoms with van der Waals surface area (Å²) >= 11 is 0. The Morgan fingerprint density at radius 3 is 2.14 bits per heavy atom. The largest absolute Gasteiger partial charge is 0.465 e. The van der Waals surface area contributed by atoms with Gasteiger partial charge in [-0.05, 0) is 44.7 Å². The summed E-state index contributed by atoms with van der Waals surface area (Å²) in [5.41, 5.74) is -0.126. The first-order valence-electron chi connectivity index (χ1n) is 8.57. The molecule has 3 nitrogen and oxygen atoms in total. The SMILES string of the molecule is C=C(C)C(=O)OC(c1ccco1)(C1CCCC1)C1CCCC1. The molecule has 120 valence electrons. The predicted octanol–water partition coefficient (Wildman–Crippen LogP) is 4.97. The summed E-state index contributed by atoms with van der Waals surface area (Å²) in [4.78, 5) is 12.4. The third kappa shape index (κ3) is 2.62. The van der Waals surface area contributed by atoms with E-state index in [4.69, 9.17) is 9.15 Å². The van der Waals surface area contributed by atoms with Crippen LogP contribution >= 0.6 is 0 Å². The Labute approximate surface area is 132 Å². The molecule has 0 bridgehead atoms. The number of carbonyl (C=O) groups is 1. The molecule has 2 aliphatic carbocycles. The van der Waals surface area contributed by atoms with E-state index in [1.807, 2.05) is 12.1 Å². The molecule has 0 atom stereocenters. The second kappa shape index (κ2) is 6.31. The van der Waals surface area contributed by atoms with E-state index >= 15 is 0 Å². The molecule has 1 aromatic heterocycles. The maximum absolute atomic E-state index is 12.4. The zero-order valence-corrected chi connectivity index (χ0v) is 13.5. The fraction of sp³-hybridized carbons (Fsp3) is 0.632. The van der Waals surface area contributed by atoms with Gasteiger partial charge in [-0.3, -0.25) is 0 Å². The average Bonchev–Trinajstić information content (AvgIpc) is 3.28. The van der Waals surface area contributed by atoms with Crippen molar-refractivity contribution < 1.29 is 13.9 Å². The molecule has 0 aliphatic heterocycles. The summed E-state index contributed by atoms with van der Waals surface area (Å²) in [6, 6.07) is 3.89. The van der Waals surface area contributed by atoms with E-state index in [1.165, 1.54) is 25.7 Å². The van der Waals surface area contributed by atoms with Crippen molar-refractivity contribution in [3.8, 4) is 0 Å². The van der Waals surface area contributed by atoms with Crippen molar-refractivity contribution in [1.29, 1.82) is 0 Å². The highest BCUT2D eigenvalue weighted by Gasteiger charge is 2.53. The summed E-state index contributed by atoms with van der Waals surface area (Å²) in [5, 5.41) is 0. The first-order chi connectivity index (χ1) is 10.6. The highest BCUT2D eigenvalue weighted by Crippen LogP contribution is 2.53. The lowest BCUT2D eigenvalue weighted by Gasteiger charge is -2.41. The van der Waals surface area contributed by atoms with Crippen molar-refractivity contribution in [2.45, 2.75) is 63.9 Å². The van der Waals surface area contributed by atoms with E-state index in [0.29, 0.717) is 17.4 Å². The molecule has 0 radical (unpaired) electrons. The number of esters is 1. The van der Waals surface area contributed by atoms with Gasteiger partial charge < -0.3 is 9.15 Å². The minimum Gasteiger partial charge on any atom is -0.465 e. The highest BCUT2D eigenvalue weighted by atomic mass is 16.6. The number of rotatable bonds is 5. The molecular formula is C19H26O3. The van der Waals surface area contributed by atoms with E-state index < -0.39 is 5.60 Å². The summed E-state index contributed by atoms with van der Waals surface area (Å²) in [6.07, 6.45) is 11.0. The van der Waals surface area contributed by atoms with Crippen LogP contribution in [0.4, 0.5) is 0 Å². The van der Waals surface area contributed by atoms with Crippen LogP contribution in [0.1, 0.15) is 64.1 Å². The van der Waals surface area contributed by atoms with Gasteiger partial charge in [0.25, 0.3) is 0 Å². The third-order valence-electron chi connectivity index (χ3n) is 5.44. The van der Waals surface area contributed by atoms with Gasteiger partial charge in [0.2, 0.25) is 0 Å². The van der Waals surface area contributed by atoms with Crippen molar-refractivity contribution in [2.75, 3.05) is 0 Å². The lowest BCUT2D eigenvalue weighted by molar-refractivity contribution is -0.177. The van der Waals surface area contributed by atoms with Gasteiger partial charge >= 0.3 is 5.97 Å². The van der Waals surface area contributed by atoms with Crippen LogP contribution in [0.3, 0.4) is 0 Å². The van der Waals surface area contributed by atoms with E-state index in [-0.39, 0.29) is 5.97 Å². The van der Waals surface area contributed by atoms with E-state index in [0.717, 1.165) is 31.4 Å². The summed E-state index contributed by atoms with van der Waals surface area (Å²) in [5.74, 6) is 1.28. The van der Waals surface area contributed by atoms with Gasteiger partial charge in [-0.2, -0.15) is 0 Å². The number of furan rings is 1. The van der Waals surface area contributed by atoms with Crippen molar-refractivity contribution in [3.63, 3.8) is 0 Å². The second-order valence-electron chi connectivity index (χ2n) is 6.90. The fourth-order valence-electron chi connectivity index (χ4n) is 4.40. The first-order valence-corrected chi connectivity index (χ1v) is 8.57. The van der Waals surface area contributed by atoms with Gasteiger partial charge in [-0.15, -0.1) is 0 Å². The summed E-state index contributed by atoms with van der Waals surface area (Å²) < 4.78 is 12.0. The molecule has 22 heavy (non-hydrogen) atoms. The molecule has 3 rings (SSSR count). The molecule has 2 saturated carbocycles. The molecule has 0 amide bonds. The number of carbonyl (C=O) groups excluding carboxylic acids is 1. The van der Waals surface area contributed by atoms with Crippen LogP contribution in [0.15, 0.2) is 35.0 Å². The van der Waals surface area contributed by atoms with Gasteiger partial charge in [0.1, 0.15) is 5.76 Å². The molecule has 0 N–H and O–H groups in total. The van der Waals surface area contributed by atoms with Crippen LogP contribution in [-0.2, 0) is 15.1 Å². The normalized spacial score (nSPS) is 20.4. The second-order valence-corrected chi connectivity index (χ2v) is 6.90. The number of hydrogen-bond donors (Lipinski definition) is 0. The lowest BCUT2D eigenvalue weighted by atomic mass is 9.73. The Kier molecular flexibility index (Phi) is 4.42. The van der Waals surface area contributed by atoms with Crippen LogP contribution in [0, 0.1) is 11.8 Å². The average molecular weight is 302 g/mol. The maximum atomic E-state index is 12.4. The summed E-state index contributed by atoms with van der Waals surface area (Å²) in [6.45, 7) is 5.49. The summed E-state index contributed by atoms with van der Waals surface area (Å²) in [7, 11) is 0. The third-order valence-corrected chi connectivity index (χ3v) is 5.44. The van der Waals surface area contributed by atoms with Crippen LogP contribution < -0.4 is 0 Å². The van der Waals surface area contributed by atoms with Crippen LogP contribution in [0.5, 0.6) is 0 Å². The Hall–Kier alpha value is -1.51. The Balaban J connectivity index is 2.03. The zero-order chi connectivity index (χ0) is 15.6. The molecule has 1 aromatic rings. The topological polar surface area (TPSA) is 39.4 Å².